The van der Waals surface area contributed by atoms with Crippen molar-refractivity contribution in [2.24, 2.45) is 0 Å². The molecule has 1 heterocycles. The van der Waals surface area contributed by atoms with Gasteiger partial charge in [0.05, 0.1) is 11.0 Å². The van der Waals surface area contributed by atoms with Crippen molar-refractivity contribution in [3.05, 3.63) is 30.0 Å². The van der Waals surface area contributed by atoms with Gasteiger partial charge in [0.25, 0.3) is 0 Å². The van der Waals surface area contributed by atoms with Crippen molar-refractivity contribution in [2.45, 2.75) is 6.18 Å². The maximum absolute atomic E-state index is 12.4. The number of benzene rings is 1. The van der Waals surface area contributed by atoms with Gasteiger partial charge in [-0.3, -0.25) is 0 Å². The Hall–Kier alpha value is -1.85. The minimum Gasteiger partial charge on any atom is -0.382 e. The first kappa shape index (κ1) is 9.70. The van der Waals surface area contributed by atoms with E-state index in [-0.39, 0.29) is 5.52 Å². The molecule has 2 rings (SSSR count). The Morgan fingerprint density at radius 1 is 1.00 bits per heavy atom. The fraction of sp³-hybridized carbons (Fsp3) is 0.111. The number of para-hydroxylation sites is 2. The fourth-order valence-corrected chi connectivity index (χ4v) is 1.22. The minimum absolute atomic E-state index is 0.180. The molecular weight excluding hydrogens is 207 g/mol. The monoisotopic (exact) mass is 213 g/mol. The second-order valence-corrected chi connectivity index (χ2v) is 2.94. The molecule has 1 aromatic carbocycles. The molecule has 78 valence electrons. The average molecular weight is 213 g/mol. The number of aromatic nitrogens is 2. The van der Waals surface area contributed by atoms with Crippen LogP contribution in [0, 0.1) is 0 Å². The molecule has 0 saturated heterocycles. The molecule has 0 radical (unpaired) electrons. The second-order valence-electron chi connectivity index (χ2n) is 2.94. The first-order valence-electron chi connectivity index (χ1n) is 4.08. The summed E-state index contributed by atoms with van der Waals surface area (Å²) in [5.41, 5.74) is 4.57. The predicted octanol–water partition coefficient (Wildman–Crippen LogP) is 2.23. The molecule has 1 aromatic heterocycles. The normalized spacial score (nSPS) is 11.9. The van der Waals surface area contributed by atoms with Crippen molar-refractivity contribution in [1.29, 1.82) is 0 Å². The Bertz CT molecular complexity index is 507. The number of hydrogen-bond acceptors (Lipinski definition) is 3. The van der Waals surface area contributed by atoms with Crippen molar-refractivity contribution in [3.63, 3.8) is 0 Å². The van der Waals surface area contributed by atoms with E-state index in [4.69, 9.17) is 5.73 Å². The summed E-state index contributed by atoms with van der Waals surface area (Å²) in [6.45, 7) is 0. The molecule has 3 nitrogen and oxygen atoms in total. The molecule has 0 fully saturated rings. The molecule has 6 heteroatoms. The Balaban J connectivity index is 2.73. The van der Waals surface area contributed by atoms with E-state index in [1.807, 2.05) is 0 Å². The third-order valence-electron chi connectivity index (χ3n) is 1.87. The highest BCUT2D eigenvalue weighted by molar-refractivity contribution is 5.76. The molecule has 15 heavy (non-hydrogen) atoms. The van der Waals surface area contributed by atoms with E-state index in [0.29, 0.717) is 5.52 Å². The van der Waals surface area contributed by atoms with Gasteiger partial charge in [0.1, 0.15) is 0 Å². The standard InChI is InChI=1S/C9H6F3N3/c10-9(11,12)7-8(13)15-6-4-2-1-3-5(6)14-7/h1-4H,(H2,13,15). The quantitative estimate of drug-likeness (QED) is 0.730. The lowest BCUT2D eigenvalue weighted by molar-refractivity contribution is -0.140. The smallest absolute Gasteiger partial charge is 0.382 e. The molecule has 2 aromatic rings. The lowest BCUT2D eigenvalue weighted by atomic mass is 10.3. The molecule has 0 saturated carbocycles. The summed E-state index contributed by atoms with van der Waals surface area (Å²) in [7, 11) is 0. The van der Waals surface area contributed by atoms with E-state index in [1.165, 1.54) is 6.07 Å². The third-order valence-corrected chi connectivity index (χ3v) is 1.87. The van der Waals surface area contributed by atoms with Crippen LogP contribution in [0.1, 0.15) is 5.69 Å². The number of alkyl halides is 3. The third kappa shape index (κ3) is 1.70. The number of fused-ring (bicyclic) bond motifs is 1. The number of halogens is 3. The van der Waals surface area contributed by atoms with Crippen LogP contribution in [0.4, 0.5) is 19.0 Å². The van der Waals surface area contributed by atoms with Gasteiger partial charge in [-0.1, -0.05) is 12.1 Å². The summed E-state index contributed by atoms with van der Waals surface area (Å²) in [6.07, 6.45) is -4.57. The van der Waals surface area contributed by atoms with Crippen LogP contribution in [0.25, 0.3) is 11.0 Å². The lowest BCUT2D eigenvalue weighted by Crippen LogP contribution is -2.13. The Morgan fingerprint density at radius 2 is 1.53 bits per heavy atom. The molecular formula is C9H6F3N3. The van der Waals surface area contributed by atoms with E-state index in [9.17, 15) is 13.2 Å². The molecule has 0 amide bonds. The molecule has 0 atom stereocenters. The number of nitrogen functional groups attached to an aromatic ring is 1. The van der Waals surface area contributed by atoms with E-state index in [2.05, 4.69) is 9.97 Å². The first-order chi connectivity index (χ1) is 6.98. The van der Waals surface area contributed by atoms with Crippen molar-refractivity contribution in [3.8, 4) is 0 Å². The van der Waals surface area contributed by atoms with Crippen molar-refractivity contribution >= 4 is 16.9 Å². The summed E-state index contributed by atoms with van der Waals surface area (Å²) in [6, 6.07) is 6.26. The minimum atomic E-state index is -4.57. The number of rotatable bonds is 0. The highest BCUT2D eigenvalue weighted by atomic mass is 19.4. The van der Waals surface area contributed by atoms with Gasteiger partial charge < -0.3 is 5.73 Å². The number of hydrogen-bond donors (Lipinski definition) is 1. The number of anilines is 1. The molecule has 0 bridgehead atoms. The predicted molar refractivity (Wildman–Crippen MR) is 49.0 cm³/mol. The van der Waals surface area contributed by atoms with Crippen LogP contribution >= 0.6 is 0 Å². The van der Waals surface area contributed by atoms with E-state index in [1.54, 1.807) is 18.2 Å². The zero-order chi connectivity index (χ0) is 11.1. The second kappa shape index (κ2) is 3.08. The van der Waals surface area contributed by atoms with Crippen LogP contribution in [0.15, 0.2) is 24.3 Å². The van der Waals surface area contributed by atoms with Crippen LogP contribution in [0.3, 0.4) is 0 Å². The van der Waals surface area contributed by atoms with Crippen LogP contribution in [-0.2, 0) is 6.18 Å². The largest absolute Gasteiger partial charge is 0.437 e. The SMILES string of the molecule is Nc1nc2ccccc2nc1C(F)(F)F. The molecule has 0 spiro atoms. The molecule has 2 N–H and O–H groups in total. The summed E-state index contributed by atoms with van der Waals surface area (Å²) in [5, 5.41) is 0. The summed E-state index contributed by atoms with van der Waals surface area (Å²) >= 11 is 0. The van der Waals surface area contributed by atoms with E-state index >= 15 is 0 Å². The van der Waals surface area contributed by atoms with Gasteiger partial charge in [0.2, 0.25) is 0 Å². The summed E-state index contributed by atoms with van der Waals surface area (Å²) in [4.78, 5) is 7.07. The van der Waals surface area contributed by atoms with Gasteiger partial charge in [-0.05, 0) is 12.1 Å². The maximum atomic E-state index is 12.4. The van der Waals surface area contributed by atoms with Gasteiger partial charge in [0, 0.05) is 0 Å². The van der Waals surface area contributed by atoms with Gasteiger partial charge in [0.15, 0.2) is 11.5 Å². The van der Waals surface area contributed by atoms with Crippen LogP contribution in [0.2, 0.25) is 0 Å². The van der Waals surface area contributed by atoms with Crippen molar-refractivity contribution in [1.82, 2.24) is 9.97 Å². The molecule has 0 aliphatic rings. The zero-order valence-corrected chi connectivity index (χ0v) is 7.42. The summed E-state index contributed by atoms with van der Waals surface area (Å²) in [5.74, 6) is -0.596. The highest BCUT2D eigenvalue weighted by Gasteiger charge is 2.36. The lowest BCUT2D eigenvalue weighted by Gasteiger charge is -2.08. The van der Waals surface area contributed by atoms with Gasteiger partial charge in [-0.25, -0.2) is 9.97 Å². The van der Waals surface area contributed by atoms with Gasteiger partial charge >= 0.3 is 6.18 Å². The van der Waals surface area contributed by atoms with Gasteiger partial charge in [-0.15, -0.1) is 0 Å². The molecule has 0 aliphatic heterocycles. The van der Waals surface area contributed by atoms with E-state index in [0.717, 1.165) is 0 Å². The summed E-state index contributed by atoms with van der Waals surface area (Å²) < 4.78 is 37.2. The average Bonchev–Trinajstić information content (AvgIpc) is 2.15. The zero-order valence-electron chi connectivity index (χ0n) is 7.42. The molecule has 0 aliphatic carbocycles. The maximum Gasteiger partial charge on any atom is 0.437 e. The van der Waals surface area contributed by atoms with Crippen LogP contribution in [0.5, 0.6) is 0 Å². The Labute approximate surface area is 82.8 Å². The Kier molecular flexibility index (Phi) is 1.99. The van der Waals surface area contributed by atoms with Crippen molar-refractivity contribution in [2.75, 3.05) is 5.73 Å². The number of nitrogens with two attached hydrogens (primary N) is 1. The topological polar surface area (TPSA) is 51.8 Å². The van der Waals surface area contributed by atoms with Gasteiger partial charge in [-0.2, -0.15) is 13.2 Å². The Morgan fingerprint density at radius 3 is 2.07 bits per heavy atom. The first-order valence-corrected chi connectivity index (χ1v) is 4.08. The van der Waals surface area contributed by atoms with E-state index < -0.39 is 17.7 Å². The van der Waals surface area contributed by atoms with Crippen LogP contribution in [-0.4, -0.2) is 9.97 Å². The highest BCUT2D eigenvalue weighted by Crippen LogP contribution is 2.31. The van der Waals surface area contributed by atoms with Crippen molar-refractivity contribution < 1.29 is 13.2 Å². The fourth-order valence-electron chi connectivity index (χ4n) is 1.22. The van der Waals surface area contributed by atoms with Crippen LogP contribution < -0.4 is 5.73 Å². The number of nitrogens with zero attached hydrogens (tertiary/aromatic N) is 2. The molecule has 0 unspecified atom stereocenters.